The van der Waals surface area contributed by atoms with Crippen molar-refractivity contribution in [2.75, 3.05) is 25.6 Å². The zero-order valence-electron chi connectivity index (χ0n) is 15.4. The van der Waals surface area contributed by atoms with E-state index < -0.39 is 12.1 Å². The number of aliphatic hydroxyl groups excluding tert-OH is 1. The van der Waals surface area contributed by atoms with Crippen LogP contribution in [0.3, 0.4) is 0 Å². The maximum absolute atomic E-state index is 12.4. The molecule has 2 aromatic carbocycles. The Labute approximate surface area is 158 Å². The molecule has 0 fully saturated rings. The molecule has 0 spiro atoms. The van der Waals surface area contributed by atoms with Crippen molar-refractivity contribution >= 4 is 17.6 Å². The first kappa shape index (κ1) is 20.3. The number of rotatable bonds is 9. The summed E-state index contributed by atoms with van der Waals surface area (Å²) in [5, 5.41) is 14.6. The third-order valence-electron chi connectivity index (χ3n) is 3.85. The fourth-order valence-electron chi connectivity index (χ4n) is 2.36. The van der Waals surface area contributed by atoms with E-state index in [0.717, 1.165) is 11.3 Å². The Hall–Kier alpha value is -3.06. The number of ether oxygens (including phenoxy) is 2. The van der Waals surface area contributed by atoms with E-state index in [1.54, 1.807) is 43.5 Å². The average Bonchev–Trinajstić information content (AvgIpc) is 2.70. The van der Waals surface area contributed by atoms with Gasteiger partial charge in [0, 0.05) is 18.8 Å². The Kier molecular flexibility index (Phi) is 7.63. The molecular formula is C20H24N2O5. The Morgan fingerprint density at radius 3 is 2.48 bits per heavy atom. The Morgan fingerprint density at radius 1 is 1.11 bits per heavy atom. The van der Waals surface area contributed by atoms with Gasteiger partial charge in [0.15, 0.2) is 6.10 Å². The molecule has 2 aromatic rings. The second-order valence-electron chi connectivity index (χ2n) is 5.81. The Morgan fingerprint density at radius 2 is 1.81 bits per heavy atom. The SMILES string of the molecule is COc1ccc(CNC(=O)[C@@H](C)OC(=O)c2ccccc2NCCO)cc1. The van der Waals surface area contributed by atoms with Gasteiger partial charge >= 0.3 is 5.97 Å². The minimum absolute atomic E-state index is 0.0620. The highest BCUT2D eigenvalue weighted by molar-refractivity contribution is 5.97. The average molecular weight is 372 g/mol. The number of aliphatic hydroxyl groups is 1. The molecule has 0 aromatic heterocycles. The monoisotopic (exact) mass is 372 g/mol. The molecule has 0 aliphatic heterocycles. The number of amides is 1. The van der Waals surface area contributed by atoms with E-state index in [-0.39, 0.29) is 12.5 Å². The lowest BCUT2D eigenvalue weighted by atomic mass is 10.1. The lowest BCUT2D eigenvalue weighted by Crippen LogP contribution is -2.35. The van der Waals surface area contributed by atoms with Gasteiger partial charge in [0.25, 0.3) is 5.91 Å². The van der Waals surface area contributed by atoms with Crippen LogP contribution in [0.4, 0.5) is 5.69 Å². The van der Waals surface area contributed by atoms with E-state index in [2.05, 4.69) is 10.6 Å². The molecule has 3 N–H and O–H groups in total. The molecule has 1 atom stereocenters. The topological polar surface area (TPSA) is 96.9 Å². The van der Waals surface area contributed by atoms with E-state index in [4.69, 9.17) is 14.6 Å². The van der Waals surface area contributed by atoms with Gasteiger partial charge in [0.05, 0.1) is 19.3 Å². The van der Waals surface area contributed by atoms with Crippen LogP contribution in [-0.4, -0.2) is 43.3 Å². The summed E-state index contributed by atoms with van der Waals surface area (Å²) in [6.07, 6.45) is -0.943. The molecule has 0 heterocycles. The fourth-order valence-corrected chi connectivity index (χ4v) is 2.36. The molecule has 0 aliphatic carbocycles. The number of carbonyl (C=O) groups is 2. The summed E-state index contributed by atoms with van der Waals surface area (Å²) in [7, 11) is 1.59. The maximum atomic E-state index is 12.4. The van der Waals surface area contributed by atoms with Gasteiger partial charge in [0.1, 0.15) is 5.75 Å². The molecule has 0 radical (unpaired) electrons. The highest BCUT2D eigenvalue weighted by Crippen LogP contribution is 2.17. The molecule has 2 rings (SSSR count). The first-order valence-electron chi connectivity index (χ1n) is 8.60. The van der Waals surface area contributed by atoms with Gasteiger partial charge in [-0.1, -0.05) is 24.3 Å². The number of hydrogen-bond acceptors (Lipinski definition) is 6. The summed E-state index contributed by atoms with van der Waals surface area (Å²) < 4.78 is 10.4. The molecule has 0 bridgehead atoms. The van der Waals surface area contributed by atoms with Crippen LogP contribution in [0.5, 0.6) is 5.75 Å². The van der Waals surface area contributed by atoms with Crippen LogP contribution in [0.1, 0.15) is 22.8 Å². The van der Waals surface area contributed by atoms with Gasteiger partial charge in [0.2, 0.25) is 0 Å². The van der Waals surface area contributed by atoms with Gasteiger partial charge in [-0.3, -0.25) is 4.79 Å². The Bertz CT molecular complexity index is 761. The van der Waals surface area contributed by atoms with Gasteiger partial charge in [-0.15, -0.1) is 0 Å². The van der Waals surface area contributed by atoms with E-state index in [0.29, 0.717) is 24.3 Å². The number of benzene rings is 2. The molecule has 7 heteroatoms. The van der Waals surface area contributed by atoms with Crippen LogP contribution >= 0.6 is 0 Å². The van der Waals surface area contributed by atoms with Crippen molar-refractivity contribution in [2.45, 2.75) is 19.6 Å². The van der Waals surface area contributed by atoms with Crippen LogP contribution in [0, 0.1) is 0 Å². The molecule has 1 amide bonds. The summed E-state index contributed by atoms with van der Waals surface area (Å²) in [6, 6.07) is 14.1. The molecule has 144 valence electrons. The van der Waals surface area contributed by atoms with Crippen LogP contribution in [0.15, 0.2) is 48.5 Å². The first-order chi connectivity index (χ1) is 13.0. The van der Waals surface area contributed by atoms with Crippen molar-refractivity contribution < 1.29 is 24.2 Å². The smallest absolute Gasteiger partial charge is 0.341 e. The largest absolute Gasteiger partial charge is 0.497 e. The number of anilines is 1. The molecule has 7 nitrogen and oxygen atoms in total. The van der Waals surface area contributed by atoms with Crippen molar-refractivity contribution in [3.05, 3.63) is 59.7 Å². The maximum Gasteiger partial charge on any atom is 0.341 e. The lowest BCUT2D eigenvalue weighted by Gasteiger charge is -2.15. The van der Waals surface area contributed by atoms with Crippen LogP contribution in [-0.2, 0) is 16.1 Å². The summed E-state index contributed by atoms with van der Waals surface area (Å²) >= 11 is 0. The Balaban J connectivity index is 1.90. The van der Waals surface area contributed by atoms with Crippen LogP contribution < -0.4 is 15.4 Å². The van der Waals surface area contributed by atoms with E-state index in [9.17, 15) is 9.59 Å². The zero-order chi connectivity index (χ0) is 19.6. The summed E-state index contributed by atoms with van der Waals surface area (Å²) in [5.74, 6) is -0.260. The second kappa shape index (κ2) is 10.2. The number of para-hydroxylation sites is 1. The van der Waals surface area contributed by atoms with Crippen molar-refractivity contribution in [1.29, 1.82) is 0 Å². The predicted octanol–water partition coefficient (Wildman–Crippen LogP) is 1.96. The highest BCUT2D eigenvalue weighted by Gasteiger charge is 2.20. The van der Waals surface area contributed by atoms with Crippen molar-refractivity contribution in [1.82, 2.24) is 5.32 Å². The number of esters is 1. The van der Waals surface area contributed by atoms with E-state index in [1.807, 2.05) is 12.1 Å². The minimum Gasteiger partial charge on any atom is -0.497 e. The quantitative estimate of drug-likeness (QED) is 0.582. The molecule has 0 aliphatic rings. The van der Waals surface area contributed by atoms with E-state index in [1.165, 1.54) is 6.92 Å². The standard InChI is InChI=1S/C20H24N2O5/c1-14(19(24)22-13-15-7-9-16(26-2)10-8-15)27-20(25)17-5-3-4-6-18(17)21-11-12-23/h3-10,14,21,23H,11-13H2,1-2H3,(H,22,24)/t14-/m1/s1. The second-order valence-corrected chi connectivity index (χ2v) is 5.81. The third kappa shape index (κ3) is 6.00. The number of nitrogens with one attached hydrogen (secondary N) is 2. The first-order valence-corrected chi connectivity index (χ1v) is 8.60. The minimum atomic E-state index is -0.943. The zero-order valence-corrected chi connectivity index (χ0v) is 15.4. The molecule has 0 unspecified atom stereocenters. The van der Waals surface area contributed by atoms with Crippen LogP contribution in [0.25, 0.3) is 0 Å². The lowest BCUT2D eigenvalue weighted by molar-refractivity contribution is -0.129. The molecule has 0 saturated carbocycles. The number of methoxy groups -OCH3 is 1. The van der Waals surface area contributed by atoms with Gasteiger partial charge in [-0.05, 0) is 36.8 Å². The normalized spacial score (nSPS) is 11.4. The summed E-state index contributed by atoms with van der Waals surface area (Å²) in [5.41, 5.74) is 1.75. The van der Waals surface area contributed by atoms with Crippen molar-refractivity contribution in [2.24, 2.45) is 0 Å². The summed E-state index contributed by atoms with van der Waals surface area (Å²) in [4.78, 5) is 24.6. The number of hydrogen-bond donors (Lipinski definition) is 3. The van der Waals surface area contributed by atoms with Crippen molar-refractivity contribution in [3.63, 3.8) is 0 Å². The highest BCUT2D eigenvalue weighted by atomic mass is 16.5. The summed E-state index contributed by atoms with van der Waals surface area (Å²) in [6.45, 7) is 2.08. The predicted molar refractivity (Wildman–Crippen MR) is 102 cm³/mol. The molecule has 0 saturated heterocycles. The molecule has 27 heavy (non-hydrogen) atoms. The third-order valence-corrected chi connectivity index (χ3v) is 3.85. The number of carbonyl (C=O) groups excluding carboxylic acids is 2. The van der Waals surface area contributed by atoms with Crippen LogP contribution in [0.2, 0.25) is 0 Å². The fraction of sp³-hybridized carbons (Fsp3) is 0.300. The van der Waals surface area contributed by atoms with Gasteiger partial charge in [-0.2, -0.15) is 0 Å². The van der Waals surface area contributed by atoms with Gasteiger partial charge < -0.3 is 25.2 Å². The van der Waals surface area contributed by atoms with E-state index >= 15 is 0 Å². The van der Waals surface area contributed by atoms with Gasteiger partial charge in [-0.25, -0.2) is 4.79 Å². The van der Waals surface area contributed by atoms with Crippen molar-refractivity contribution in [3.8, 4) is 5.75 Å². The molecular weight excluding hydrogens is 348 g/mol.